The lowest BCUT2D eigenvalue weighted by molar-refractivity contribution is -0.905. The van der Waals surface area contributed by atoms with Gasteiger partial charge in [-0.05, 0) is 43.5 Å². The number of rotatable bonds is 8. The first-order valence-corrected chi connectivity index (χ1v) is 12.5. The summed E-state index contributed by atoms with van der Waals surface area (Å²) in [5.41, 5.74) is 1.19. The highest BCUT2D eigenvalue weighted by molar-refractivity contribution is 7.99. The number of fused-ring (bicyclic) bond motifs is 1. The van der Waals surface area contributed by atoms with Gasteiger partial charge in [0.2, 0.25) is 5.91 Å². The van der Waals surface area contributed by atoms with Crippen LogP contribution in [0.4, 0.5) is 5.69 Å². The van der Waals surface area contributed by atoms with Crippen LogP contribution in [0.15, 0.2) is 58.5 Å². The summed E-state index contributed by atoms with van der Waals surface area (Å²) < 4.78 is 1.74. The van der Waals surface area contributed by atoms with Crippen LogP contribution in [0.2, 0.25) is 5.02 Å². The number of hydrogen-bond acceptors (Lipinski definition) is 4. The molecule has 0 saturated carbocycles. The van der Waals surface area contributed by atoms with Crippen molar-refractivity contribution in [1.82, 2.24) is 9.55 Å². The number of hydrogen-bond donors (Lipinski definition) is 2. The van der Waals surface area contributed by atoms with Gasteiger partial charge in [0.25, 0.3) is 5.56 Å². The van der Waals surface area contributed by atoms with E-state index < -0.39 is 0 Å². The van der Waals surface area contributed by atoms with Gasteiger partial charge in [-0.2, -0.15) is 0 Å². The standard InChI is InChI=1S/C24H27ClN4O2S/c25-19-10-3-5-12-21(19)26-22(30)17-32-24-27-20-11-4-2-9-18(20)23(31)29(24)16-8-15-28-13-6-1-7-14-28/h2-5,9-12H,1,6-8,13-17H2,(H,26,30)/p+1. The smallest absolute Gasteiger partial charge is 0.262 e. The molecule has 6 nitrogen and oxygen atoms in total. The Balaban J connectivity index is 1.48. The van der Waals surface area contributed by atoms with E-state index in [0.717, 1.165) is 13.0 Å². The summed E-state index contributed by atoms with van der Waals surface area (Å²) in [5, 5.41) is 4.51. The lowest BCUT2D eigenvalue weighted by Gasteiger charge is -2.23. The summed E-state index contributed by atoms with van der Waals surface area (Å²) in [4.78, 5) is 32.0. The Morgan fingerprint density at radius 3 is 2.66 bits per heavy atom. The summed E-state index contributed by atoms with van der Waals surface area (Å²) >= 11 is 7.42. The number of piperidine rings is 1. The molecule has 1 fully saturated rings. The fraction of sp³-hybridized carbons (Fsp3) is 0.375. The topological polar surface area (TPSA) is 68.4 Å². The number of nitrogens with one attached hydrogen (secondary N) is 2. The van der Waals surface area contributed by atoms with Crippen molar-refractivity contribution in [2.75, 3.05) is 30.7 Å². The van der Waals surface area contributed by atoms with Gasteiger partial charge in [0.05, 0.1) is 47.0 Å². The third-order valence-electron chi connectivity index (χ3n) is 5.78. The Bertz CT molecular complexity index is 1140. The van der Waals surface area contributed by atoms with Crippen molar-refractivity contribution in [3.8, 4) is 0 Å². The molecule has 0 spiro atoms. The van der Waals surface area contributed by atoms with Crippen LogP contribution in [0.5, 0.6) is 0 Å². The maximum Gasteiger partial charge on any atom is 0.262 e. The SMILES string of the molecule is O=C(CSc1nc2ccccc2c(=O)n1CCC[NH+]1CCCCC1)Nc1ccccc1Cl. The van der Waals surface area contributed by atoms with E-state index in [1.165, 1.54) is 44.1 Å². The number of nitrogens with zero attached hydrogens (tertiary/aromatic N) is 2. The second kappa shape index (κ2) is 11.0. The zero-order chi connectivity index (χ0) is 22.3. The predicted octanol–water partition coefficient (Wildman–Crippen LogP) is 3.24. The van der Waals surface area contributed by atoms with Gasteiger partial charge in [-0.3, -0.25) is 14.2 Å². The van der Waals surface area contributed by atoms with Gasteiger partial charge in [-0.15, -0.1) is 0 Å². The van der Waals surface area contributed by atoms with Gasteiger partial charge >= 0.3 is 0 Å². The third-order valence-corrected chi connectivity index (χ3v) is 7.09. The van der Waals surface area contributed by atoms with Crippen molar-refractivity contribution >= 4 is 45.9 Å². The summed E-state index contributed by atoms with van der Waals surface area (Å²) in [6, 6.07) is 14.5. The van der Waals surface area contributed by atoms with Gasteiger partial charge in [-0.25, -0.2) is 4.98 Å². The minimum absolute atomic E-state index is 0.0433. The lowest BCUT2D eigenvalue weighted by atomic mass is 10.1. The van der Waals surface area contributed by atoms with Crippen LogP contribution in [-0.4, -0.2) is 40.8 Å². The van der Waals surface area contributed by atoms with Crippen molar-refractivity contribution in [3.63, 3.8) is 0 Å². The number of carbonyl (C=O) groups excluding carboxylic acids is 1. The van der Waals surface area contributed by atoms with E-state index in [9.17, 15) is 9.59 Å². The number of likely N-dealkylation sites (tertiary alicyclic amines) is 1. The maximum atomic E-state index is 13.2. The van der Waals surface area contributed by atoms with E-state index in [1.54, 1.807) is 21.6 Å². The van der Waals surface area contributed by atoms with Gasteiger partial charge in [0.15, 0.2) is 5.16 Å². The molecule has 3 aromatic rings. The molecule has 0 radical (unpaired) electrons. The Kier molecular flexibility index (Phi) is 7.84. The monoisotopic (exact) mass is 471 g/mol. The number of quaternary nitrogens is 1. The van der Waals surface area contributed by atoms with Crippen molar-refractivity contribution < 1.29 is 9.69 Å². The molecule has 0 atom stereocenters. The number of benzene rings is 2. The van der Waals surface area contributed by atoms with E-state index in [-0.39, 0.29) is 17.2 Å². The Labute approximate surface area is 197 Å². The summed E-state index contributed by atoms with van der Waals surface area (Å²) in [6.45, 7) is 4.09. The predicted molar refractivity (Wildman–Crippen MR) is 131 cm³/mol. The van der Waals surface area contributed by atoms with Crippen LogP contribution < -0.4 is 15.8 Å². The average Bonchev–Trinajstić information content (AvgIpc) is 2.81. The van der Waals surface area contributed by atoms with E-state index >= 15 is 0 Å². The Morgan fingerprint density at radius 2 is 1.84 bits per heavy atom. The van der Waals surface area contributed by atoms with Crippen LogP contribution in [-0.2, 0) is 11.3 Å². The Hall–Kier alpha value is -2.35. The van der Waals surface area contributed by atoms with Crippen LogP contribution in [0.25, 0.3) is 10.9 Å². The molecule has 1 aromatic heterocycles. The first kappa shape index (κ1) is 22.8. The number of anilines is 1. The molecular formula is C24H28ClN4O2S+. The van der Waals surface area contributed by atoms with Gasteiger partial charge in [0, 0.05) is 13.0 Å². The molecule has 168 valence electrons. The number of thioether (sulfide) groups is 1. The molecule has 0 bridgehead atoms. The number of para-hydroxylation sites is 2. The van der Waals surface area contributed by atoms with Crippen LogP contribution in [0, 0.1) is 0 Å². The number of aromatic nitrogens is 2. The number of amides is 1. The van der Waals surface area contributed by atoms with Crippen molar-refractivity contribution in [2.24, 2.45) is 0 Å². The molecule has 1 saturated heterocycles. The highest BCUT2D eigenvalue weighted by Gasteiger charge is 2.16. The summed E-state index contributed by atoms with van der Waals surface area (Å²) in [6.07, 6.45) is 4.81. The molecule has 2 heterocycles. The normalized spacial score (nSPS) is 14.5. The van der Waals surface area contributed by atoms with Crippen LogP contribution >= 0.6 is 23.4 Å². The van der Waals surface area contributed by atoms with E-state index in [0.29, 0.717) is 33.3 Å². The lowest BCUT2D eigenvalue weighted by Crippen LogP contribution is -3.12. The van der Waals surface area contributed by atoms with Gasteiger partial charge in [0.1, 0.15) is 0 Å². The number of halogens is 1. The highest BCUT2D eigenvalue weighted by Crippen LogP contribution is 2.22. The van der Waals surface area contributed by atoms with E-state index in [2.05, 4.69) is 5.32 Å². The van der Waals surface area contributed by atoms with Gasteiger partial charge < -0.3 is 10.2 Å². The van der Waals surface area contributed by atoms with E-state index in [4.69, 9.17) is 16.6 Å². The molecule has 8 heteroatoms. The molecule has 32 heavy (non-hydrogen) atoms. The fourth-order valence-electron chi connectivity index (χ4n) is 4.12. The first-order valence-electron chi connectivity index (χ1n) is 11.1. The second-order valence-corrected chi connectivity index (χ2v) is 9.45. The molecule has 1 amide bonds. The largest absolute Gasteiger partial charge is 0.335 e. The molecule has 2 N–H and O–H groups in total. The van der Waals surface area contributed by atoms with Crippen molar-refractivity contribution in [3.05, 3.63) is 63.9 Å². The highest BCUT2D eigenvalue weighted by atomic mass is 35.5. The summed E-state index contributed by atoms with van der Waals surface area (Å²) in [7, 11) is 0. The molecule has 0 aliphatic carbocycles. The van der Waals surface area contributed by atoms with E-state index in [1.807, 2.05) is 36.4 Å². The van der Waals surface area contributed by atoms with Crippen LogP contribution in [0.3, 0.4) is 0 Å². The zero-order valence-electron chi connectivity index (χ0n) is 18.0. The van der Waals surface area contributed by atoms with Gasteiger partial charge in [-0.1, -0.05) is 47.6 Å². The molecule has 1 aliphatic heterocycles. The average molecular weight is 472 g/mol. The van der Waals surface area contributed by atoms with Crippen LogP contribution in [0.1, 0.15) is 25.7 Å². The van der Waals surface area contributed by atoms with Crippen molar-refractivity contribution in [1.29, 1.82) is 0 Å². The summed E-state index contributed by atoms with van der Waals surface area (Å²) in [5.74, 6) is -0.0391. The maximum absolute atomic E-state index is 13.2. The zero-order valence-corrected chi connectivity index (χ0v) is 19.6. The number of carbonyl (C=O) groups is 1. The van der Waals surface area contributed by atoms with Crippen molar-refractivity contribution in [2.45, 2.75) is 37.4 Å². The third kappa shape index (κ3) is 5.71. The Morgan fingerprint density at radius 1 is 1.09 bits per heavy atom. The first-order chi connectivity index (χ1) is 15.6. The molecule has 2 aromatic carbocycles. The fourth-order valence-corrected chi connectivity index (χ4v) is 5.13. The molecule has 0 unspecified atom stereocenters. The second-order valence-electron chi connectivity index (χ2n) is 8.10. The minimum Gasteiger partial charge on any atom is -0.335 e. The molecule has 1 aliphatic rings. The molecule has 4 rings (SSSR count). The quantitative estimate of drug-likeness (QED) is 0.391. The minimum atomic E-state index is -0.185. The molecular weight excluding hydrogens is 444 g/mol.